The molecular formula is C20H16ClN3OS. The van der Waals surface area contributed by atoms with E-state index in [-0.39, 0.29) is 5.91 Å². The van der Waals surface area contributed by atoms with Gasteiger partial charge in [-0.1, -0.05) is 48.0 Å². The zero-order valence-corrected chi connectivity index (χ0v) is 15.6. The van der Waals surface area contributed by atoms with Gasteiger partial charge in [-0.3, -0.25) is 4.79 Å². The Morgan fingerprint density at radius 2 is 1.96 bits per heavy atom. The van der Waals surface area contributed by atoms with Gasteiger partial charge in [0, 0.05) is 27.5 Å². The summed E-state index contributed by atoms with van der Waals surface area (Å²) in [6.07, 6.45) is 1.74. The number of benzene rings is 2. The first kappa shape index (κ1) is 16.8. The molecule has 0 radical (unpaired) electrons. The van der Waals surface area contributed by atoms with Gasteiger partial charge < -0.3 is 10.3 Å². The van der Waals surface area contributed by atoms with E-state index in [0.29, 0.717) is 17.1 Å². The van der Waals surface area contributed by atoms with Crippen molar-refractivity contribution >= 4 is 39.7 Å². The number of aromatic nitrogens is 2. The van der Waals surface area contributed by atoms with Gasteiger partial charge in [-0.05, 0) is 19.1 Å². The number of fused-ring (bicyclic) bond motifs is 1. The summed E-state index contributed by atoms with van der Waals surface area (Å²) in [6, 6.07) is 15.4. The molecule has 6 heteroatoms. The minimum Gasteiger partial charge on any atom is -0.360 e. The Labute approximate surface area is 159 Å². The molecule has 0 fully saturated rings. The lowest BCUT2D eigenvalue weighted by Gasteiger charge is -2.03. The molecule has 2 N–H and O–H groups in total. The van der Waals surface area contributed by atoms with Gasteiger partial charge in [0.2, 0.25) is 0 Å². The van der Waals surface area contributed by atoms with Crippen LogP contribution in [0.5, 0.6) is 0 Å². The van der Waals surface area contributed by atoms with E-state index < -0.39 is 0 Å². The first-order chi connectivity index (χ1) is 12.6. The van der Waals surface area contributed by atoms with Crippen molar-refractivity contribution in [1.82, 2.24) is 15.3 Å². The van der Waals surface area contributed by atoms with Crippen LogP contribution in [0.1, 0.15) is 20.9 Å². The first-order valence-electron chi connectivity index (χ1n) is 8.19. The number of rotatable bonds is 4. The Balaban J connectivity index is 1.53. The second kappa shape index (κ2) is 6.94. The van der Waals surface area contributed by atoms with Gasteiger partial charge in [-0.25, -0.2) is 4.98 Å². The third kappa shape index (κ3) is 3.11. The van der Waals surface area contributed by atoms with Crippen LogP contribution in [0.15, 0.2) is 54.7 Å². The van der Waals surface area contributed by atoms with Crippen LogP contribution in [0.2, 0.25) is 5.02 Å². The van der Waals surface area contributed by atoms with Crippen molar-refractivity contribution in [3.63, 3.8) is 0 Å². The second-order valence-electron chi connectivity index (χ2n) is 5.94. The topological polar surface area (TPSA) is 57.8 Å². The number of carbonyl (C=O) groups excluding carboxylic acids is 1. The van der Waals surface area contributed by atoms with Gasteiger partial charge >= 0.3 is 0 Å². The molecule has 0 spiro atoms. The van der Waals surface area contributed by atoms with E-state index in [1.807, 2.05) is 55.5 Å². The molecule has 4 rings (SSSR count). The number of H-pyrrole nitrogens is 1. The predicted molar refractivity (Wildman–Crippen MR) is 107 cm³/mol. The molecule has 4 aromatic rings. The zero-order chi connectivity index (χ0) is 18.1. The number of hydrogen-bond acceptors (Lipinski definition) is 3. The Morgan fingerprint density at radius 3 is 2.81 bits per heavy atom. The monoisotopic (exact) mass is 381 g/mol. The van der Waals surface area contributed by atoms with Crippen molar-refractivity contribution in [3.05, 3.63) is 75.9 Å². The molecule has 2 aromatic heterocycles. The Hall–Kier alpha value is -2.63. The van der Waals surface area contributed by atoms with Crippen LogP contribution >= 0.6 is 22.9 Å². The molecule has 1 amide bonds. The standard InChI is InChI=1S/C20H16ClN3OS/c1-12-18(26-20(24-12)14-7-2-4-8-16(14)21)11-23-19(25)15-10-22-17-9-5-3-6-13(15)17/h2-10,22H,11H2,1H3,(H,23,25). The quantitative estimate of drug-likeness (QED) is 0.511. The summed E-state index contributed by atoms with van der Waals surface area (Å²) in [6.45, 7) is 2.39. The van der Waals surface area contributed by atoms with E-state index in [9.17, 15) is 4.79 Å². The summed E-state index contributed by atoms with van der Waals surface area (Å²) in [5, 5.41) is 5.45. The molecule has 0 aliphatic rings. The molecule has 0 saturated heterocycles. The number of aryl methyl sites for hydroxylation is 1. The van der Waals surface area contributed by atoms with E-state index >= 15 is 0 Å². The van der Waals surface area contributed by atoms with Gasteiger partial charge in [0.05, 0.1) is 22.8 Å². The lowest BCUT2D eigenvalue weighted by molar-refractivity contribution is 0.0953. The summed E-state index contributed by atoms with van der Waals surface area (Å²) >= 11 is 7.82. The number of amides is 1. The smallest absolute Gasteiger partial charge is 0.253 e. The minimum atomic E-state index is -0.102. The fourth-order valence-corrected chi connectivity index (χ4v) is 4.18. The molecular weight excluding hydrogens is 366 g/mol. The van der Waals surface area contributed by atoms with Crippen LogP contribution in [0, 0.1) is 6.92 Å². The lowest BCUT2D eigenvalue weighted by atomic mass is 10.1. The average molecular weight is 382 g/mol. The zero-order valence-electron chi connectivity index (χ0n) is 14.0. The summed E-state index contributed by atoms with van der Waals surface area (Å²) < 4.78 is 0. The van der Waals surface area contributed by atoms with Crippen LogP contribution in [0.3, 0.4) is 0 Å². The lowest BCUT2D eigenvalue weighted by Crippen LogP contribution is -2.22. The number of para-hydroxylation sites is 1. The van der Waals surface area contributed by atoms with Crippen LogP contribution < -0.4 is 5.32 Å². The van der Waals surface area contributed by atoms with Crippen LogP contribution in [0.4, 0.5) is 0 Å². The number of aromatic amines is 1. The van der Waals surface area contributed by atoms with Crippen molar-refractivity contribution in [2.45, 2.75) is 13.5 Å². The minimum absolute atomic E-state index is 0.102. The molecule has 0 aliphatic carbocycles. The SMILES string of the molecule is Cc1nc(-c2ccccc2Cl)sc1CNC(=O)c1c[nH]c2ccccc12. The highest BCUT2D eigenvalue weighted by atomic mass is 35.5. The number of thiazole rings is 1. The molecule has 4 nitrogen and oxygen atoms in total. The van der Waals surface area contributed by atoms with Gasteiger partial charge in [0.1, 0.15) is 5.01 Å². The number of nitrogens with zero attached hydrogens (tertiary/aromatic N) is 1. The molecule has 0 bridgehead atoms. The van der Waals surface area contributed by atoms with Crippen molar-refractivity contribution < 1.29 is 4.79 Å². The van der Waals surface area contributed by atoms with Gasteiger partial charge in [0.15, 0.2) is 0 Å². The normalized spacial score (nSPS) is 11.0. The fraction of sp³-hybridized carbons (Fsp3) is 0.100. The number of nitrogens with one attached hydrogen (secondary N) is 2. The van der Waals surface area contributed by atoms with Crippen molar-refractivity contribution in [2.24, 2.45) is 0 Å². The molecule has 0 unspecified atom stereocenters. The highest BCUT2D eigenvalue weighted by Crippen LogP contribution is 2.32. The maximum Gasteiger partial charge on any atom is 0.253 e. The third-order valence-corrected chi connectivity index (χ3v) is 5.76. The molecule has 2 heterocycles. The Kier molecular flexibility index (Phi) is 4.49. The van der Waals surface area contributed by atoms with Crippen LogP contribution in [-0.4, -0.2) is 15.9 Å². The van der Waals surface area contributed by atoms with Gasteiger partial charge in [-0.15, -0.1) is 11.3 Å². The maximum atomic E-state index is 12.6. The van der Waals surface area contributed by atoms with Crippen molar-refractivity contribution in [2.75, 3.05) is 0 Å². The van der Waals surface area contributed by atoms with Gasteiger partial charge in [0.25, 0.3) is 5.91 Å². The largest absolute Gasteiger partial charge is 0.360 e. The van der Waals surface area contributed by atoms with Crippen LogP contribution in [0.25, 0.3) is 21.5 Å². The van der Waals surface area contributed by atoms with Crippen molar-refractivity contribution in [1.29, 1.82) is 0 Å². The summed E-state index contributed by atoms with van der Waals surface area (Å²) in [5.74, 6) is -0.102. The highest BCUT2D eigenvalue weighted by Gasteiger charge is 2.15. The molecule has 0 aliphatic heterocycles. The highest BCUT2D eigenvalue weighted by molar-refractivity contribution is 7.15. The molecule has 0 atom stereocenters. The summed E-state index contributed by atoms with van der Waals surface area (Å²) in [7, 11) is 0. The van der Waals surface area contributed by atoms with E-state index in [4.69, 9.17) is 11.6 Å². The molecule has 26 heavy (non-hydrogen) atoms. The van der Waals surface area contributed by atoms with E-state index in [0.717, 1.165) is 32.0 Å². The summed E-state index contributed by atoms with van der Waals surface area (Å²) in [5.41, 5.74) is 3.42. The number of carbonyl (C=O) groups is 1. The third-order valence-electron chi connectivity index (χ3n) is 4.24. The van der Waals surface area contributed by atoms with Crippen LogP contribution in [-0.2, 0) is 6.54 Å². The molecule has 2 aromatic carbocycles. The fourth-order valence-electron chi connectivity index (χ4n) is 2.86. The number of halogens is 1. The van der Waals surface area contributed by atoms with Crippen molar-refractivity contribution in [3.8, 4) is 10.6 Å². The Morgan fingerprint density at radius 1 is 1.19 bits per heavy atom. The maximum absolute atomic E-state index is 12.6. The summed E-state index contributed by atoms with van der Waals surface area (Å²) in [4.78, 5) is 21.3. The van der Waals surface area contributed by atoms with Gasteiger partial charge in [-0.2, -0.15) is 0 Å². The second-order valence-corrected chi connectivity index (χ2v) is 7.43. The molecule has 0 saturated carbocycles. The first-order valence-corrected chi connectivity index (χ1v) is 9.38. The predicted octanol–water partition coefficient (Wildman–Crippen LogP) is 5.18. The van der Waals surface area contributed by atoms with E-state index in [1.165, 1.54) is 0 Å². The van der Waals surface area contributed by atoms with E-state index in [1.54, 1.807) is 17.5 Å². The molecule has 130 valence electrons. The van der Waals surface area contributed by atoms with E-state index in [2.05, 4.69) is 15.3 Å². The number of hydrogen-bond donors (Lipinski definition) is 2. The Bertz CT molecular complexity index is 1100. The average Bonchev–Trinajstić information content (AvgIpc) is 3.24.